The fourth-order valence-corrected chi connectivity index (χ4v) is 2.63. The Hall–Kier alpha value is -0.810. The van der Waals surface area contributed by atoms with Crippen molar-refractivity contribution in [2.45, 2.75) is 25.1 Å². The maximum atomic E-state index is 11.7. The first-order valence-electron chi connectivity index (χ1n) is 5.95. The average molecular weight is 304 g/mol. The van der Waals surface area contributed by atoms with Crippen LogP contribution in [0.15, 0.2) is 18.2 Å². The lowest BCUT2D eigenvalue weighted by atomic mass is 10.1. The highest BCUT2D eigenvalue weighted by molar-refractivity contribution is 6.42. The van der Waals surface area contributed by atoms with Gasteiger partial charge in [0.2, 0.25) is 0 Å². The molecule has 0 amide bonds. The van der Waals surface area contributed by atoms with Crippen molar-refractivity contribution < 1.29 is 14.6 Å². The molecular formula is C13H15Cl2NO3. The van der Waals surface area contributed by atoms with Gasteiger partial charge in [-0.25, -0.2) is 0 Å². The number of aliphatic hydroxyl groups excluding tert-OH is 1. The Labute approximate surface area is 121 Å². The summed E-state index contributed by atoms with van der Waals surface area (Å²) in [6.45, 7) is 0.966. The number of hydrogen-bond donors (Lipinski definition) is 1. The molecule has 1 N–H and O–H groups in total. The molecule has 1 aromatic rings. The van der Waals surface area contributed by atoms with Gasteiger partial charge in [-0.1, -0.05) is 29.3 Å². The van der Waals surface area contributed by atoms with Crippen molar-refractivity contribution in [3.05, 3.63) is 33.8 Å². The van der Waals surface area contributed by atoms with Crippen LogP contribution in [0.1, 0.15) is 12.0 Å². The summed E-state index contributed by atoms with van der Waals surface area (Å²) in [6, 6.07) is 4.93. The van der Waals surface area contributed by atoms with Gasteiger partial charge >= 0.3 is 5.97 Å². The van der Waals surface area contributed by atoms with Gasteiger partial charge in [0, 0.05) is 19.5 Å². The quantitative estimate of drug-likeness (QED) is 0.869. The van der Waals surface area contributed by atoms with Crippen molar-refractivity contribution in [1.82, 2.24) is 4.90 Å². The number of β-amino-alcohol motifs (C(OH)–C–C–N with tert-alkyl or cyclic N) is 1. The lowest BCUT2D eigenvalue weighted by Gasteiger charge is -2.22. The maximum Gasteiger partial charge on any atom is 0.323 e. The predicted octanol–water partition coefficient (Wildman–Crippen LogP) is 2.10. The molecule has 1 saturated heterocycles. The summed E-state index contributed by atoms with van der Waals surface area (Å²) in [4.78, 5) is 13.5. The fourth-order valence-electron chi connectivity index (χ4n) is 2.31. The molecule has 0 radical (unpaired) electrons. The van der Waals surface area contributed by atoms with Crippen molar-refractivity contribution in [1.29, 1.82) is 0 Å². The van der Waals surface area contributed by atoms with Crippen molar-refractivity contribution in [3.8, 4) is 0 Å². The van der Waals surface area contributed by atoms with Crippen LogP contribution in [-0.2, 0) is 16.1 Å². The van der Waals surface area contributed by atoms with Crippen LogP contribution in [0.5, 0.6) is 0 Å². The number of carbonyl (C=O) groups excluding carboxylic acids is 1. The number of ether oxygens (including phenoxy) is 1. The number of halogens is 2. The summed E-state index contributed by atoms with van der Waals surface area (Å²) < 4.78 is 4.75. The van der Waals surface area contributed by atoms with Gasteiger partial charge in [0.05, 0.1) is 23.3 Å². The van der Waals surface area contributed by atoms with Crippen LogP contribution in [0, 0.1) is 0 Å². The number of esters is 1. The Morgan fingerprint density at radius 1 is 1.47 bits per heavy atom. The highest BCUT2D eigenvalue weighted by Crippen LogP contribution is 2.26. The smallest absolute Gasteiger partial charge is 0.323 e. The molecule has 0 saturated carbocycles. The number of carbonyl (C=O) groups is 1. The topological polar surface area (TPSA) is 49.8 Å². The van der Waals surface area contributed by atoms with E-state index in [1.165, 1.54) is 7.11 Å². The molecule has 1 aliphatic heterocycles. The van der Waals surface area contributed by atoms with Crippen LogP contribution < -0.4 is 0 Å². The minimum Gasteiger partial charge on any atom is -0.468 e. The van der Waals surface area contributed by atoms with Gasteiger partial charge in [-0.2, -0.15) is 0 Å². The van der Waals surface area contributed by atoms with E-state index in [0.717, 1.165) is 5.56 Å². The molecule has 0 bridgehead atoms. The first-order chi connectivity index (χ1) is 9.01. The summed E-state index contributed by atoms with van der Waals surface area (Å²) in [5.74, 6) is -0.323. The van der Waals surface area contributed by atoms with Crippen LogP contribution in [0.3, 0.4) is 0 Å². The summed E-state index contributed by atoms with van der Waals surface area (Å²) in [7, 11) is 1.35. The van der Waals surface area contributed by atoms with Crippen molar-refractivity contribution in [2.75, 3.05) is 13.7 Å². The van der Waals surface area contributed by atoms with Crippen LogP contribution in [0.2, 0.25) is 10.0 Å². The Bertz CT molecular complexity index is 481. The van der Waals surface area contributed by atoms with Crippen molar-refractivity contribution in [2.24, 2.45) is 0 Å². The van der Waals surface area contributed by atoms with E-state index in [0.29, 0.717) is 29.6 Å². The number of nitrogens with zero attached hydrogens (tertiary/aromatic N) is 1. The Morgan fingerprint density at radius 3 is 2.84 bits per heavy atom. The molecular weight excluding hydrogens is 289 g/mol. The Kier molecular flexibility index (Phi) is 4.68. The van der Waals surface area contributed by atoms with E-state index in [9.17, 15) is 9.90 Å². The zero-order valence-corrected chi connectivity index (χ0v) is 12.0. The van der Waals surface area contributed by atoms with Gasteiger partial charge < -0.3 is 9.84 Å². The standard InChI is InChI=1S/C13H15Cl2NO3/c1-19-13(18)12-5-9(17)7-16(12)6-8-2-3-10(14)11(15)4-8/h2-4,9,12,17H,5-7H2,1H3. The van der Waals surface area contributed by atoms with Gasteiger partial charge in [0.1, 0.15) is 6.04 Å². The van der Waals surface area contributed by atoms with E-state index in [1.54, 1.807) is 12.1 Å². The molecule has 2 unspecified atom stereocenters. The minimum atomic E-state index is -0.508. The summed E-state index contributed by atoms with van der Waals surface area (Å²) in [6.07, 6.45) is -0.111. The highest BCUT2D eigenvalue weighted by Gasteiger charge is 2.36. The van der Waals surface area contributed by atoms with Crippen LogP contribution in [-0.4, -0.2) is 41.8 Å². The van der Waals surface area contributed by atoms with Crippen LogP contribution >= 0.6 is 23.2 Å². The first kappa shape index (κ1) is 14.6. The van der Waals surface area contributed by atoms with Gasteiger partial charge in [0.25, 0.3) is 0 Å². The lowest BCUT2D eigenvalue weighted by Crippen LogP contribution is -2.36. The van der Waals surface area contributed by atoms with E-state index in [2.05, 4.69) is 0 Å². The molecule has 1 aliphatic rings. The third-order valence-electron chi connectivity index (χ3n) is 3.22. The largest absolute Gasteiger partial charge is 0.468 e. The highest BCUT2D eigenvalue weighted by atomic mass is 35.5. The maximum absolute atomic E-state index is 11.7. The number of likely N-dealkylation sites (tertiary alicyclic amines) is 1. The average Bonchev–Trinajstić information content (AvgIpc) is 2.74. The van der Waals surface area contributed by atoms with E-state index < -0.39 is 12.1 Å². The second-order valence-corrected chi connectivity index (χ2v) is 5.42. The summed E-state index contributed by atoms with van der Waals surface area (Å²) >= 11 is 11.8. The number of benzene rings is 1. The third kappa shape index (κ3) is 3.39. The normalized spacial score (nSPS) is 23.6. The van der Waals surface area contributed by atoms with Crippen molar-refractivity contribution in [3.63, 3.8) is 0 Å². The molecule has 1 aromatic carbocycles. The molecule has 0 spiro atoms. The second-order valence-electron chi connectivity index (χ2n) is 4.61. The summed E-state index contributed by atoms with van der Waals surface area (Å²) in [5, 5.41) is 10.7. The molecule has 0 aliphatic carbocycles. The van der Waals surface area contributed by atoms with Gasteiger partial charge in [0.15, 0.2) is 0 Å². The van der Waals surface area contributed by atoms with E-state index in [4.69, 9.17) is 27.9 Å². The second kappa shape index (κ2) is 6.09. The Balaban J connectivity index is 2.12. The van der Waals surface area contributed by atoms with Gasteiger partial charge in [-0.05, 0) is 17.7 Å². The SMILES string of the molecule is COC(=O)C1CC(O)CN1Cc1ccc(Cl)c(Cl)c1. The molecule has 2 rings (SSSR count). The fraction of sp³-hybridized carbons (Fsp3) is 0.462. The van der Waals surface area contributed by atoms with Crippen LogP contribution in [0.25, 0.3) is 0 Å². The molecule has 6 heteroatoms. The molecule has 104 valence electrons. The monoisotopic (exact) mass is 303 g/mol. The zero-order chi connectivity index (χ0) is 14.0. The summed E-state index contributed by atoms with van der Waals surface area (Å²) in [5.41, 5.74) is 0.942. The zero-order valence-electron chi connectivity index (χ0n) is 10.5. The molecule has 0 aromatic heterocycles. The third-order valence-corrected chi connectivity index (χ3v) is 3.96. The first-order valence-corrected chi connectivity index (χ1v) is 6.70. The number of hydrogen-bond acceptors (Lipinski definition) is 4. The van der Waals surface area contributed by atoms with E-state index in [-0.39, 0.29) is 5.97 Å². The predicted molar refractivity (Wildman–Crippen MR) is 73.3 cm³/mol. The number of methoxy groups -OCH3 is 1. The number of rotatable bonds is 3. The molecule has 1 heterocycles. The molecule has 19 heavy (non-hydrogen) atoms. The van der Waals surface area contributed by atoms with Crippen LogP contribution in [0.4, 0.5) is 0 Å². The number of aliphatic hydroxyl groups is 1. The molecule has 2 atom stereocenters. The molecule has 4 nitrogen and oxygen atoms in total. The van der Waals surface area contributed by atoms with E-state index in [1.807, 2.05) is 11.0 Å². The minimum absolute atomic E-state index is 0.323. The molecule has 1 fully saturated rings. The van der Waals surface area contributed by atoms with Gasteiger partial charge in [-0.15, -0.1) is 0 Å². The van der Waals surface area contributed by atoms with Crippen molar-refractivity contribution >= 4 is 29.2 Å². The van der Waals surface area contributed by atoms with E-state index >= 15 is 0 Å². The lowest BCUT2D eigenvalue weighted by molar-refractivity contribution is -0.146. The Morgan fingerprint density at radius 2 is 2.21 bits per heavy atom. The van der Waals surface area contributed by atoms with Gasteiger partial charge in [-0.3, -0.25) is 9.69 Å².